The third kappa shape index (κ3) is 4.24. The highest BCUT2D eigenvalue weighted by Gasteiger charge is 2.22. The molecule has 0 saturated carbocycles. The second kappa shape index (κ2) is 7.65. The van der Waals surface area contributed by atoms with Crippen LogP contribution < -0.4 is 4.90 Å². The molecule has 6 heteroatoms. The zero-order valence-electron chi connectivity index (χ0n) is 12.6. The van der Waals surface area contributed by atoms with Crippen LogP contribution in [0.25, 0.3) is 0 Å². The van der Waals surface area contributed by atoms with Gasteiger partial charge in [0, 0.05) is 29.8 Å². The van der Waals surface area contributed by atoms with Crippen molar-refractivity contribution in [1.82, 2.24) is 0 Å². The van der Waals surface area contributed by atoms with Crippen LogP contribution in [0, 0.1) is 0 Å². The Morgan fingerprint density at radius 3 is 2.91 bits per heavy atom. The molecular weight excluding hydrogens is 323 g/mol. The summed E-state index contributed by atoms with van der Waals surface area (Å²) >= 11 is 12.2. The highest BCUT2D eigenvalue weighted by molar-refractivity contribution is 6.36. The van der Waals surface area contributed by atoms with Gasteiger partial charge in [0.2, 0.25) is 0 Å². The molecule has 0 atom stereocenters. The Kier molecular flexibility index (Phi) is 5.86. The maximum absolute atomic E-state index is 11.5. The molecule has 1 aliphatic rings. The molecule has 0 radical (unpaired) electrons. The van der Waals surface area contributed by atoms with Gasteiger partial charge in [0.1, 0.15) is 5.84 Å². The molecule has 1 fully saturated rings. The lowest BCUT2D eigenvalue weighted by molar-refractivity contribution is -0.137. The minimum absolute atomic E-state index is 0.353. The molecule has 1 aromatic rings. The number of ether oxygens (including phenoxy) is 1. The number of rotatable bonds is 4. The van der Waals surface area contributed by atoms with E-state index in [0.29, 0.717) is 22.3 Å². The van der Waals surface area contributed by atoms with Crippen LogP contribution in [0.15, 0.2) is 35.0 Å². The average Bonchev–Trinajstić information content (AvgIpc) is 2.86. The summed E-state index contributed by atoms with van der Waals surface area (Å²) in [5.41, 5.74) is 1.50. The minimum atomic E-state index is -0.376. The van der Waals surface area contributed by atoms with Gasteiger partial charge in [-0.2, -0.15) is 0 Å². The second-order valence-electron chi connectivity index (χ2n) is 4.92. The summed E-state index contributed by atoms with van der Waals surface area (Å²) in [6.07, 6.45) is 3.23. The average molecular weight is 341 g/mol. The molecule has 0 amide bonds. The fourth-order valence-electron chi connectivity index (χ4n) is 2.33. The van der Waals surface area contributed by atoms with Crippen LogP contribution in [-0.4, -0.2) is 25.0 Å². The van der Waals surface area contributed by atoms with Crippen LogP contribution in [0.2, 0.25) is 10.0 Å². The van der Waals surface area contributed by atoms with Crippen LogP contribution in [0.5, 0.6) is 0 Å². The SMILES string of the molecule is CCOC(=O)/C=C(\C)N=C1CCCN1c1ccc(Cl)cc1Cl. The molecule has 1 heterocycles. The molecule has 1 aliphatic heterocycles. The maximum Gasteiger partial charge on any atom is 0.332 e. The molecule has 0 spiro atoms. The molecule has 0 bridgehead atoms. The van der Waals surface area contributed by atoms with Gasteiger partial charge in [-0.25, -0.2) is 9.79 Å². The third-order valence-electron chi connectivity index (χ3n) is 3.21. The van der Waals surface area contributed by atoms with Crippen molar-refractivity contribution in [2.24, 2.45) is 4.99 Å². The minimum Gasteiger partial charge on any atom is -0.463 e. The smallest absolute Gasteiger partial charge is 0.332 e. The van der Waals surface area contributed by atoms with E-state index in [0.717, 1.165) is 30.9 Å². The number of carbonyl (C=O) groups is 1. The Bertz CT molecular complexity index is 627. The summed E-state index contributed by atoms with van der Waals surface area (Å²) in [7, 11) is 0. The van der Waals surface area contributed by atoms with E-state index < -0.39 is 0 Å². The number of amidine groups is 1. The Morgan fingerprint density at radius 2 is 2.23 bits per heavy atom. The number of anilines is 1. The van der Waals surface area contributed by atoms with Crippen molar-refractivity contribution in [3.05, 3.63) is 40.0 Å². The molecule has 0 aromatic heterocycles. The summed E-state index contributed by atoms with van der Waals surface area (Å²) in [4.78, 5) is 18.0. The Hall–Kier alpha value is -1.52. The molecule has 0 unspecified atom stereocenters. The van der Waals surface area contributed by atoms with E-state index >= 15 is 0 Å². The standard InChI is InChI=1S/C16H18Cl2N2O2/c1-3-22-16(21)9-11(2)19-15-5-4-8-20(15)14-7-6-12(17)10-13(14)18/h6-7,9-10H,3-5,8H2,1-2H3/b11-9+,19-15?. The number of hydrogen-bond acceptors (Lipinski definition) is 3. The fraction of sp³-hybridized carbons (Fsp3) is 0.375. The Labute approximate surface area is 140 Å². The summed E-state index contributed by atoms with van der Waals surface area (Å²) in [6, 6.07) is 5.41. The highest BCUT2D eigenvalue weighted by Crippen LogP contribution is 2.32. The van der Waals surface area contributed by atoms with Gasteiger partial charge in [-0.05, 0) is 38.5 Å². The van der Waals surface area contributed by atoms with Crippen LogP contribution in [0.4, 0.5) is 5.69 Å². The van der Waals surface area contributed by atoms with E-state index in [-0.39, 0.29) is 5.97 Å². The first-order valence-electron chi connectivity index (χ1n) is 7.16. The van der Waals surface area contributed by atoms with Gasteiger partial charge < -0.3 is 9.64 Å². The number of benzene rings is 1. The van der Waals surface area contributed by atoms with E-state index in [1.54, 1.807) is 26.0 Å². The van der Waals surface area contributed by atoms with Gasteiger partial charge in [-0.3, -0.25) is 0 Å². The van der Waals surface area contributed by atoms with Gasteiger partial charge >= 0.3 is 5.97 Å². The van der Waals surface area contributed by atoms with Crippen molar-refractivity contribution in [2.75, 3.05) is 18.1 Å². The number of hydrogen-bond donors (Lipinski definition) is 0. The van der Waals surface area contributed by atoms with Crippen molar-refractivity contribution in [2.45, 2.75) is 26.7 Å². The first-order chi connectivity index (χ1) is 10.5. The van der Waals surface area contributed by atoms with Gasteiger partial charge in [-0.15, -0.1) is 0 Å². The molecule has 0 aliphatic carbocycles. The zero-order valence-corrected chi connectivity index (χ0v) is 14.1. The lowest BCUT2D eigenvalue weighted by atomic mass is 10.3. The van der Waals surface area contributed by atoms with Crippen molar-refractivity contribution in [3.8, 4) is 0 Å². The largest absolute Gasteiger partial charge is 0.463 e. The monoisotopic (exact) mass is 340 g/mol. The summed E-state index contributed by atoms with van der Waals surface area (Å²) in [6.45, 7) is 4.75. The Morgan fingerprint density at radius 1 is 1.45 bits per heavy atom. The van der Waals surface area contributed by atoms with Crippen LogP contribution in [-0.2, 0) is 9.53 Å². The third-order valence-corrected chi connectivity index (χ3v) is 3.75. The molecule has 22 heavy (non-hydrogen) atoms. The van der Waals surface area contributed by atoms with Crippen molar-refractivity contribution in [3.63, 3.8) is 0 Å². The number of allylic oxidation sites excluding steroid dienone is 1. The van der Waals surface area contributed by atoms with E-state index in [4.69, 9.17) is 27.9 Å². The summed E-state index contributed by atoms with van der Waals surface area (Å²) in [5, 5.41) is 1.19. The molecular formula is C16H18Cl2N2O2. The molecule has 118 valence electrons. The van der Waals surface area contributed by atoms with Gasteiger partial charge in [0.05, 0.1) is 17.3 Å². The maximum atomic E-state index is 11.5. The summed E-state index contributed by atoms with van der Waals surface area (Å²) < 4.78 is 4.89. The number of halogens is 2. The summed E-state index contributed by atoms with van der Waals surface area (Å²) in [5.74, 6) is 0.515. The lowest BCUT2D eigenvalue weighted by Gasteiger charge is -2.20. The predicted octanol–water partition coefficient (Wildman–Crippen LogP) is 4.46. The molecule has 0 N–H and O–H groups in total. The van der Waals surface area contributed by atoms with Crippen LogP contribution in [0.1, 0.15) is 26.7 Å². The number of carbonyl (C=O) groups excluding carboxylic acids is 1. The number of nitrogens with zero attached hydrogens (tertiary/aromatic N) is 2. The van der Waals surface area contributed by atoms with E-state index in [1.807, 2.05) is 6.07 Å². The van der Waals surface area contributed by atoms with E-state index in [1.165, 1.54) is 6.08 Å². The van der Waals surface area contributed by atoms with E-state index in [9.17, 15) is 4.79 Å². The molecule has 1 aromatic carbocycles. The molecule has 1 saturated heterocycles. The van der Waals surface area contributed by atoms with Gasteiger partial charge in [-0.1, -0.05) is 23.2 Å². The van der Waals surface area contributed by atoms with Crippen molar-refractivity contribution >= 4 is 40.7 Å². The molecule has 4 nitrogen and oxygen atoms in total. The van der Waals surface area contributed by atoms with Crippen molar-refractivity contribution < 1.29 is 9.53 Å². The number of esters is 1. The fourth-order valence-corrected chi connectivity index (χ4v) is 2.84. The second-order valence-corrected chi connectivity index (χ2v) is 5.76. The normalized spacial score (nSPS) is 17.2. The number of aliphatic imine (C=N–C) groups is 1. The van der Waals surface area contributed by atoms with Gasteiger partial charge in [0.25, 0.3) is 0 Å². The van der Waals surface area contributed by atoms with Crippen LogP contribution >= 0.6 is 23.2 Å². The molecule has 2 rings (SSSR count). The van der Waals surface area contributed by atoms with Crippen LogP contribution in [0.3, 0.4) is 0 Å². The van der Waals surface area contributed by atoms with Crippen molar-refractivity contribution in [1.29, 1.82) is 0 Å². The zero-order chi connectivity index (χ0) is 16.1. The predicted molar refractivity (Wildman–Crippen MR) is 90.9 cm³/mol. The van der Waals surface area contributed by atoms with Gasteiger partial charge in [0.15, 0.2) is 0 Å². The highest BCUT2D eigenvalue weighted by atomic mass is 35.5. The Balaban J connectivity index is 2.23. The first kappa shape index (κ1) is 16.8. The quantitative estimate of drug-likeness (QED) is 0.600. The lowest BCUT2D eigenvalue weighted by Crippen LogP contribution is -2.24. The van der Waals surface area contributed by atoms with E-state index in [2.05, 4.69) is 9.89 Å². The topological polar surface area (TPSA) is 41.9 Å². The first-order valence-corrected chi connectivity index (χ1v) is 7.92.